The maximum absolute atomic E-state index is 10.1. The van der Waals surface area contributed by atoms with Gasteiger partial charge < -0.3 is 16.0 Å². The molecular weight excluding hydrogens is 210 g/mol. The average molecular weight is 217 g/mol. The van der Waals surface area contributed by atoms with Crippen LogP contribution in [0.15, 0.2) is 5.10 Å². The molecule has 0 saturated carbocycles. The lowest BCUT2D eigenvalue weighted by Crippen LogP contribution is -2.67. The van der Waals surface area contributed by atoms with Gasteiger partial charge in [0.25, 0.3) is 5.96 Å². The molecule has 2 atom stereocenters. The van der Waals surface area contributed by atoms with Gasteiger partial charge in [-0.15, -0.1) is 0 Å². The summed E-state index contributed by atoms with van der Waals surface area (Å²) in [5, 5.41) is 21.2. The van der Waals surface area contributed by atoms with E-state index in [1.54, 1.807) is 0 Å². The van der Waals surface area contributed by atoms with Crippen LogP contribution in [0.25, 0.3) is 0 Å². The Morgan fingerprint density at radius 2 is 2.07 bits per heavy atom. The highest BCUT2D eigenvalue weighted by molar-refractivity contribution is 7.80. The Hall–Kier alpha value is -1.68. The standard InChI is InChI=1S/C4H7N7O2S/c12-11(13)10-3-5-1-2(6-3)8-9-4(14)7-1/h1-2,8H,(H2,5,6,10)(H2,7,9,14)/t1-,2-/m1/s1. The van der Waals surface area contributed by atoms with Crippen LogP contribution in [0, 0.1) is 10.1 Å². The molecule has 0 unspecified atom stereocenters. The molecule has 2 rings (SSSR count). The number of rotatable bonds is 1. The maximum Gasteiger partial charge on any atom is 0.271 e. The summed E-state index contributed by atoms with van der Waals surface area (Å²) in [4.78, 5) is 10.1. The zero-order chi connectivity index (χ0) is 10.1. The highest BCUT2D eigenvalue weighted by atomic mass is 32.1. The molecule has 5 N–H and O–H groups in total. The molecule has 2 aliphatic heterocycles. The smallest absolute Gasteiger partial charge is 0.271 e. The van der Waals surface area contributed by atoms with Crippen LogP contribution in [-0.2, 0) is 0 Å². The van der Waals surface area contributed by atoms with Gasteiger partial charge in [-0.3, -0.25) is 5.43 Å². The van der Waals surface area contributed by atoms with Gasteiger partial charge in [-0.2, -0.15) is 0 Å². The Labute approximate surface area is 83.4 Å². The fourth-order valence-corrected chi connectivity index (χ4v) is 1.39. The molecule has 0 aliphatic carbocycles. The summed E-state index contributed by atoms with van der Waals surface area (Å²) in [5.41, 5.74) is 5.47. The highest BCUT2D eigenvalue weighted by Gasteiger charge is 2.35. The number of hydrazone groups is 1. The van der Waals surface area contributed by atoms with Crippen LogP contribution in [0.5, 0.6) is 0 Å². The maximum atomic E-state index is 10.1. The topological polar surface area (TPSA) is 116 Å². The molecule has 2 saturated heterocycles. The average Bonchev–Trinajstić information content (AvgIpc) is 2.44. The number of fused-ring (bicyclic) bond motifs is 1. The van der Waals surface area contributed by atoms with Crippen LogP contribution in [0.4, 0.5) is 0 Å². The second-order valence-electron chi connectivity index (χ2n) is 2.67. The summed E-state index contributed by atoms with van der Waals surface area (Å²) < 4.78 is 0. The molecule has 0 aromatic rings. The second-order valence-corrected chi connectivity index (χ2v) is 3.08. The summed E-state index contributed by atoms with van der Waals surface area (Å²) in [6, 6.07) is 0. The molecule has 9 nitrogen and oxygen atoms in total. The second kappa shape index (κ2) is 3.23. The van der Waals surface area contributed by atoms with Crippen molar-refractivity contribution < 1.29 is 5.03 Å². The number of hydrogen-bond donors (Lipinski definition) is 5. The molecule has 0 aromatic heterocycles. The molecule has 76 valence electrons. The van der Waals surface area contributed by atoms with Crippen molar-refractivity contribution in [1.29, 1.82) is 0 Å². The lowest BCUT2D eigenvalue weighted by Gasteiger charge is -2.28. The van der Waals surface area contributed by atoms with Crippen molar-refractivity contribution in [1.82, 2.24) is 26.8 Å². The zero-order valence-corrected chi connectivity index (χ0v) is 7.59. The number of guanidine groups is 1. The third-order valence-electron chi connectivity index (χ3n) is 1.73. The van der Waals surface area contributed by atoms with E-state index < -0.39 is 5.03 Å². The quantitative estimate of drug-likeness (QED) is 0.184. The first-order valence-corrected chi connectivity index (χ1v) is 4.14. The Morgan fingerprint density at radius 3 is 2.79 bits per heavy atom. The molecule has 0 bridgehead atoms. The summed E-state index contributed by atoms with van der Waals surface area (Å²) in [6.45, 7) is 0. The molecule has 2 heterocycles. The minimum atomic E-state index is -0.779. The monoisotopic (exact) mass is 217 g/mol. The van der Waals surface area contributed by atoms with Gasteiger partial charge in [0.2, 0.25) is 0 Å². The van der Waals surface area contributed by atoms with Crippen LogP contribution >= 0.6 is 12.2 Å². The molecule has 0 spiro atoms. The summed E-state index contributed by atoms with van der Waals surface area (Å²) in [7, 11) is 0. The molecule has 10 heteroatoms. The van der Waals surface area contributed by atoms with Gasteiger partial charge >= 0.3 is 0 Å². The van der Waals surface area contributed by atoms with Gasteiger partial charge in [-0.25, -0.2) is 15.5 Å². The minimum Gasteiger partial charge on any atom is -0.339 e. The van der Waals surface area contributed by atoms with Crippen molar-refractivity contribution in [3.8, 4) is 0 Å². The first kappa shape index (κ1) is 8.90. The van der Waals surface area contributed by atoms with Crippen molar-refractivity contribution >= 4 is 23.3 Å². The van der Waals surface area contributed by atoms with Crippen molar-refractivity contribution in [2.24, 2.45) is 5.10 Å². The largest absolute Gasteiger partial charge is 0.339 e. The predicted molar refractivity (Wildman–Crippen MR) is 50.3 cm³/mol. The third kappa shape index (κ3) is 1.65. The highest BCUT2D eigenvalue weighted by Crippen LogP contribution is 1.98. The predicted octanol–water partition coefficient (Wildman–Crippen LogP) is -2.64. The van der Waals surface area contributed by atoms with E-state index in [1.165, 1.54) is 0 Å². The van der Waals surface area contributed by atoms with Gasteiger partial charge in [-0.1, -0.05) is 0 Å². The van der Waals surface area contributed by atoms with Crippen LogP contribution in [-0.4, -0.2) is 28.4 Å². The van der Waals surface area contributed by atoms with E-state index in [0.717, 1.165) is 0 Å². The number of thiocarbonyl (C=S) groups is 1. The van der Waals surface area contributed by atoms with Gasteiger partial charge in [0.1, 0.15) is 17.4 Å². The van der Waals surface area contributed by atoms with Gasteiger partial charge in [0.15, 0.2) is 10.1 Å². The normalized spacial score (nSPS) is 32.3. The van der Waals surface area contributed by atoms with E-state index in [9.17, 15) is 10.1 Å². The number of nitro groups is 1. The van der Waals surface area contributed by atoms with Crippen molar-refractivity contribution in [2.45, 2.75) is 12.3 Å². The number of nitrogens with one attached hydrogen (secondary N) is 5. The zero-order valence-electron chi connectivity index (χ0n) is 6.77. The molecule has 2 fully saturated rings. The minimum absolute atomic E-state index is 0.0940. The molecule has 14 heavy (non-hydrogen) atoms. The van der Waals surface area contributed by atoms with E-state index in [-0.39, 0.29) is 18.3 Å². The van der Waals surface area contributed by atoms with Crippen LogP contribution in [0.2, 0.25) is 0 Å². The lowest BCUT2D eigenvalue weighted by molar-refractivity contribution is -0.485. The van der Waals surface area contributed by atoms with Crippen molar-refractivity contribution in [3.05, 3.63) is 10.1 Å². The summed E-state index contributed by atoms with van der Waals surface area (Å²) in [5.74, 6) is 0.0940. The summed E-state index contributed by atoms with van der Waals surface area (Å²) >= 11 is 4.83. The lowest BCUT2D eigenvalue weighted by atomic mass is 10.4. The third-order valence-corrected chi connectivity index (χ3v) is 1.95. The molecule has 0 amide bonds. The molecule has 0 aromatic carbocycles. The van der Waals surface area contributed by atoms with E-state index in [4.69, 9.17) is 12.2 Å². The fraction of sp³-hybridized carbons (Fsp3) is 0.500. The molecule has 2 aliphatic rings. The summed E-state index contributed by atoms with van der Waals surface area (Å²) in [6.07, 6.45) is -0.483. The van der Waals surface area contributed by atoms with Gasteiger partial charge in [0.05, 0.1) is 0 Å². The Balaban J connectivity index is 2.05. The number of nitrogens with zero attached hydrogens (tertiary/aromatic N) is 2. The van der Waals surface area contributed by atoms with E-state index in [0.29, 0.717) is 5.11 Å². The Bertz CT molecular complexity index is 317. The molecule has 0 radical (unpaired) electrons. The van der Waals surface area contributed by atoms with E-state index >= 15 is 0 Å². The van der Waals surface area contributed by atoms with Gasteiger partial charge in [0, 0.05) is 0 Å². The number of hydrazine groups is 1. The molecular formula is C4H7N7O2S. The van der Waals surface area contributed by atoms with Crippen LogP contribution in [0.3, 0.4) is 0 Å². The SMILES string of the molecule is O=[N+]([O-])/N=C1\N[C@@H]2NNC(=S)N[C@H]2N1. The van der Waals surface area contributed by atoms with Crippen LogP contribution < -0.4 is 26.8 Å². The van der Waals surface area contributed by atoms with Crippen molar-refractivity contribution in [3.63, 3.8) is 0 Å². The van der Waals surface area contributed by atoms with Crippen molar-refractivity contribution in [2.75, 3.05) is 0 Å². The first-order chi connectivity index (χ1) is 6.65. The van der Waals surface area contributed by atoms with E-state index in [2.05, 4.69) is 31.9 Å². The fourth-order valence-electron chi connectivity index (χ4n) is 1.20. The van der Waals surface area contributed by atoms with Crippen LogP contribution in [0.1, 0.15) is 0 Å². The van der Waals surface area contributed by atoms with E-state index in [1.807, 2.05) is 0 Å². The van der Waals surface area contributed by atoms with Gasteiger partial charge in [-0.05, 0) is 12.2 Å². The first-order valence-electron chi connectivity index (χ1n) is 3.73. The Morgan fingerprint density at radius 1 is 1.36 bits per heavy atom. The number of hydrogen-bond acceptors (Lipinski definition) is 4. The Kier molecular flexibility index (Phi) is 2.05.